The van der Waals surface area contributed by atoms with E-state index < -0.39 is 17.8 Å². The van der Waals surface area contributed by atoms with Crippen LogP contribution in [0.15, 0.2) is 48.5 Å². The second-order valence-electron chi connectivity index (χ2n) is 5.52. The van der Waals surface area contributed by atoms with Crippen LogP contribution in [0.2, 0.25) is 0 Å². The fraction of sp³-hybridized carbons (Fsp3) is 0.222. The second-order valence-corrected chi connectivity index (χ2v) is 6.61. The molecule has 0 atom stereocenters. The number of carboxylic acids is 1. The Morgan fingerprint density at radius 3 is 2.33 bits per heavy atom. The van der Waals surface area contributed by atoms with Crippen molar-refractivity contribution in [3.05, 3.63) is 64.7 Å². The summed E-state index contributed by atoms with van der Waals surface area (Å²) in [6.07, 6.45) is -4.57. The van der Waals surface area contributed by atoms with Crippen LogP contribution in [-0.2, 0) is 12.7 Å². The largest absolute Gasteiger partial charge is 0.477 e. The van der Waals surface area contributed by atoms with Gasteiger partial charge in [-0.25, -0.2) is 4.79 Å². The molecule has 2 N–H and O–H groups in total. The molecular formula is C18H18F3N3O2S. The van der Waals surface area contributed by atoms with Crippen molar-refractivity contribution in [2.75, 3.05) is 14.1 Å². The average molecular weight is 397 g/mol. The lowest BCUT2D eigenvalue weighted by atomic mass is 10.2. The Hall–Kier alpha value is -2.65. The zero-order chi connectivity index (χ0) is 20.0. The summed E-state index contributed by atoms with van der Waals surface area (Å²) in [6, 6.07) is 12.8. The van der Waals surface area contributed by atoms with Gasteiger partial charge in [0.1, 0.15) is 4.88 Å². The topological polar surface area (TPSA) is 67.2 Å². The van der Waals surface area contributed by atoms with Crippen LogP contribution >= 0.6 is 11.3 Å². The molecule has 0 aliphatic carbocycles. The van der Waals surface area contributed by atoms with Crippen LogP contribution in [0.5, 0.6) is 0 Å². The van der Waals surface area contributed by atoms with E-state index in [1.165, 1.54) is 16.8 Å². The predicted octanol–water partition coefficient (Wildman–Crippen LogP) is 4.21. The van der Waals surface area contributed by atoms with Crippen molar-refractivity contribution in [3.63, 3.8) is 0 Å². The molecule has 0 spiro atoms. The quantitative estimate of drug-likeness (QED) is 0.692. The van der Waals surface area contributed by atoms with Gasteiger partial charge in [0, 0.05) is 0 Å². The lowest BCUT2D eigenvalue weighted by Crippen LogP contribution is -2.09. The number of nitrogens with one attached hydrogen (secondary N) is 1. The number of nitrogens with zero attached hydrogens (tertiary/aromatic N) is 2. The predicted molar refractivity (Wildman–Crippen MR) is 98.0 cm³/mol. The van der Waals surface area contributed by atoms with Gasteiger partial charge < -0.3 is 10.4 Å². The second kappa shape index (κ2) is 8.83. The van der Waals surface area contributed by atoms with Crippen LogP contribution in [0.1, 0.15) is 20.9 Å². The molecular weight excluding hydrogens is 379 g/mol. The van der Waals surface area contributed by atoms with Crippen LogP contribution in [-0.4, -0.2) is 35.0 Å². The van der Waals surface area contributed by atoms with E-state index in [-0.39, 0.29) is 17.1 Å². The highest BCUT2D eigenvalue weighted by Crippen LogP contribution is 2.34. The number of thiophene rings is 1. The maximum absolute atomic E-state index is 13.0. The Labute approximate surface area is 158 Å². The van der Waals surface area contributed by atoms with Gasteiger partial charge in [-0.2, -0.15) is 18.3 Å². The van der Waals surface area contributed by atoms with Gasteiger partial charge in [-0.1, -0.05) is 30.3 Å². The van der Waals surface area contributed by atoms with Crippen LogP contribution in [0.4, 0.5) is 13.2 Å². The smallest absolute Gasteiger partial charge is 0.435 e. The minimum atomic E-state index is -4.57. The van der Waals surface area contributed by atoms with E-state index in [1.807, 2.05) is 20.2 Å². The molecule has 0 aliphatic rings. The molecule has 2 aromatic heterocycles. The number of aromatic nitrogens is 2. The van der Waals surface area contributed by atoms with E-state index >= 15 is 0 Å². The minimum absolute atomic E-state index is 0.0611. The Kier molecular flexibility index (Phi) is 6.75. The van der Waals surface area contributed by atoms with Crippen molar-refractivity contribution >= 4 is 17.3 Å². The van der Waals surface area contributed by atoms with Crippen LogP contribution in [0.25, 0.3) is 10.6 Å². The molecule has 0 aliphatic heterocycles. The Balaban J connectivity index is 0.000000817. The highest BCUT2D eigenvalue weighted by molar-refractivity contribution is 7.17. The van der Waals surface area contributed by atoms with Crippen LogP contribution in [0, 0.1) is 0 Å². The number of alkyl halides is 3. The number of carbonyl (C=O) groups is 1. The number of halogens is 3. The van der Waals surface area contributed by atoms with E-state index in [4.69, 9.17) is 5.11 Å². The maximum atomic E-state index is 13.0. The normalized spacial score (nSPS) is 11.0. The van der Waals surface area contributed by atoms with Gasteiger partial charge in [-0.05, 0) is 37.9 Å². The number of rotatable bonds is 4. The third-order valence-electron chi connectivity index (χ3n) is 3.31. The average Bonchev–Trinajstić information content (AvgIpc) is 3.23. The van der Waals surface area contributed by atoms with Crippen molar-refractivity contribution in [3.8, 4) is 10.6 Å². The van der Waals surface area contributed by atoms with Gasteiger partial charge in [0.15, 0.2) is 5.69 Å². The fourth-order valence-corrected chi connectivity index (χ4v) is 3.09. The Bertz CT molecular complexity index is 889. The van der Waals surface area contributed by atoms with Gasteiger partial charge in [0.25, 0.3) is 0 Å². The summed E-state index contributed by atoms with van der Waals surface area (Å²) in [6.45, 7) is 0.159. The summed E-state index contributed by atoms with van der Waals surface area (Å²) in [4.78, 5) is 11.5. The number of hydrogen-bond donors (Lipinski definition) is 2. The van der Waals surface area contributed by atoms with Crippen molar-refractivity contribution in [2.45, 2.75) is 12.7 Å². The Morgan fingerprint density at radius 2 is 1.81 bits per heavy atom. The zero-order valence-electron chi connectivity index (χ0n) is 14.6. The highest BCUT2D eigenvalue weighted by atomic mass is 32.1. The third kappa shape index (κ3) is 5.41. The van der Waals surface area contributed by atoms with Crippen molar-refractivity contribution in [2.24, 2.45) is 0 Å². The number of aromatic carboxylic acids is 1. The monoisotopic (exact) mass is 397 g/mol. The first-order chi connectivity index (χ1) is 12.8. The summed E-state index contributed by atoms with van der Waals surface area (Å²) in [5, 5.41) is 15.4. The van der Waals surface area contributed by atoms with Gasteiger partial charge in [0.05, 0.1) is 17.1 Å². The molecule has 5 nitrogen and oxygen atoms in total. The van der Waals surface area contributed by atoms with Crippen LogP contribution in [0.3, 0.4) is 0 Å². The molecule has 1 aromatic carbocycles. The maximum Gasteiger partial charge on any atom is 0.435 e. The van der Waals surface area contributed by atoms with Crippen molar-refractivity contribution in [1.82, 2.24) is 15.1 Å². The summed E-state index contributed by atoms with van der Waals surface area (Å²) in [5.74, 6) is -1.11. The summed E-state index contributed by atoms with van der Waals surface area (Å²) < 4.78 is 40.3. The van der Waals surface area contributed by atoms with Gasteiger partial charge in [0.2, 0.25) is 0 Å². The molecule has 3 aromatic rings. The van der Waals surface area contributed by atoms with E-state index in [0.717, 1.165) is 23.0 Å². The van der Waals surface area contributed by atoms with E-state index in [2.05, 4.69) is 10.4 Å². The molecule has 144 valence electrons. The van der Waals surface area contributed by atoms with Crippen molar-refractivity contribution in [1.29, 1.82) is 0 Å². The standard InChI is InChI=1S/C16H11F3N2O2S.C2H7N/c17-16(18,19)14-8-11(12-6-7-13(24-12)15(22)23)21(20-14)9-10-4-2-1-3-5-10;1-3-2/h1-8H,9H2,(H,22,23);3H,1-2H3. The molecule has 0 unspecified atom stereocenters. The minimum Gasteiger partial charge on any atom is -0.477 e. The summed E-state index contributed by atoms with van der Waals surface area (Å²) >= 11 is 0.915. The molecule has 0 bridgehead atoms. The summed E-state index contributed by atoms with van der Waals surface area (Å²) in [7, 11) is 3.75. The molecule has 0 amide bonds. The summed E-state index contributed by atoms with van der Waals surface area (Å²) in [5.41, 5.74) is 0.0352. The fourth-order valence-electron chi connectivity index (χ4n) is 2.22. The molecule has 9 heteroatoms. The molecule has 3 rings (SSSR count). The van der Waals surface area contributed by atoms with Crippen LogP contribution < -0.4 is 5.32 Å². The molecule has 0 fully saturated rings. The molecule has 0 saturated carbocycles. The molecule has 27 heavy (non-hydrogen) atoms. The first-order valence-electron chi connectivity index (χ1n) is 7.87. The zero-order valence-corrected chi connectivity index (χ0v) is 15.4. The van der Waals surface area contributed by atoms with E-state index in [9.17, 15) is 18.0 Å². The number of hydrogen-bond acceptors (Lipinski definition) is 4. The number of benzene rings is 1. The molecule has 0 saturated heterocycles. The highest BCUT2D eigenvalue weighted by Gasteiger charge is 2.35. The van der Waals surface area contributed by atoms with Gasteiger partial charge >= 0.3 is 12.1 Å². The number of carboxylic acid groups (broad SMARTS) is 1. The SMILES string of the molecule is CNC.O=C(O)c1ccc(-c2cc(C(F)(F)F)nn2Cc2ccccc2)s1. The lowest BCUT2D eigenvalue weighted by molar-refractivity contribution is -0.141. The Morgan fingerprint density at radius 1 is 1.19 bits per heavy atom. The van der Waals surface area contributed by atoms with Gasteiger partial charge in [-0.3, -0.25) is 4.68 Å². The molecule has 2 heterocycles. The van der Waals surface area contributed by atoms with Gasteiger partial charge in [-0.15, -0.1) is 11.3 Å². The van der Waals surface area contributed by atoms with Crippen molar-refractivity contribution < 1.29 is 23.1 Å². The first-order valence-corrected chi connectivity index (χ1v) is 8.69. The third-order valence-corrected chi connectivity index (χ3v) is 4.41. The first kappa shape index (κ1) is 20.7. The van der Waals surface area contributed by atoms with E-state index in [0.29, 0.717) is 4.88 Å². The molecule has 0 radical (unpaired) electrons. The van der Waals surface area contributed by atoms with E-state index in [1.54, 1.807) is 24.3 Å². The lowest BCUT2D eigenvalue weighted by Gasteiger charge is -2.06.